The van der Waals surface area contributed by atoms with E-state index in [1.54, 1.807) is 0 Å². The van der Waals surface area contributed by atoms with Crippen molar-refractivity contribution in [3.63, 3.8) is 0 Å². The Morgan fingerprint density at radius 3 is 2.94 bits per heavy atom. The summed E-state index contributed by atoms with van der Waals surface area (Å²) >= 11 is 8.32. The highest BCUT2D eigenvalue weighted by Crippen LogP contribution is 2.36. The van der Waals surface area contributed by atoms with Crippen LogP contribution in [0.15, 0.2) is 18.2 Å². The third-order valence-corrected chi connectivity index (χ3v) is 4.73. The zero-order chi connectivity index (χ0) is 11.5. The predicted molar refractivity (Wildman–Crippen MR) is 71.6 cm³/mol. The third-order valence-electron chi connectivity index (χ3n) is 3.24. The summed E-state index contributed by atoms with van der Waals surface area (Å²) in [5.41, 5.74) is 2.41. The van der Waals surface area contributed by atoms with Crippen molar-refractivity contribution in [3.8, 4) is 0 Å². The first-order valence-corrected chi connectivity index (χ1v) is 7.23. The Labute approximate surface area is 106 Å². The Morgan fingerprint density at radius 1 is 1.56 bits per heavy atom. The van der Waals surface area contributed by atoms with Crippen molar-refractivity contribution in [2.45, 2.75) is 25.2 Å². The van der Waals surface area contributed by atoms with E-state index in [1.807, 2.05) is 24.8 Å². The van der Waals surface area contributed by atoms with Crippen LogP contribution in [0.1, 0.15) is 36.3 Å². The zero-order valence-electron chi connectivity index (χ0n) is 9.45. The van der Waals surface area contributed by atoms with E-state index in [0.717, 1.165) is 10.6 Å². The Bertz CT molecular complexity index is 361. The van der Waals surface area contributed by atoms with Crippen molar-refractivity contribution in [3.05, 3.63) is 34.3 Å². The maximum Gasteiger partial charge on any atom is 0.0497 e. The summed E-state index contributed by atoms with van der Waals surface area (Å²) in [6.07, 6.45) is 1.24. The molecule has 2 rings (SSSR count). The molecule has 1 aromatic rings. The van der Waals surface area contributed by atoms with Crippen LogP contribution < -0.4 is 0 Å². The van der Waals surface area contributed by atoms with E-state index in [2.05, 4.69) is 12.1 Å². The molecule has 2 atom stereocenters. The Balaban J connectivity index is 2.22. The summed E-state index contributed by atoms with van der Waals surface area (Å²) in [6.45, 7) is 2.19. The zero-order valence-corrected chi connectivity index (χ0v) is 11.0. The minimum atomic E-state index is 0.171. The fourth-order valence-electron chi connectivity index (χ4n) is 2.07. The number of aliphatic hydroxyl groups is 1. The lowest BCUT2D eigenvalue weighted by molar-refractivity contribution is 0.273. The summed E-state index contributed by atoms with van der Waals surface area (Å²) in [4.78, 5) is 0. The molecule has 1 heterocycles. The fourth-order valence-corrected chi connectivity index (χ4v) is 3.66. The van der Waals surface area contributed by atoms with Crippen LogP contribution in [0.5, 0.6) is 0 Å². The third kappa shape index (κ3) is 2.55. The first-order valence-electron chi connectivity index (χ1n) is 5.70. The molecule has 1 aliphatic rings. The van der Waals surface area contributed by atoms with Crippen molar-refractivity contribution in [1.29, 1.82) is 0 Å². The largest absolute Gasteiger partial charge is 0.396 e. The first-order chi connectivity index (χ1) is 7.72. The monoisotopic (exact) mass is 256 g/mol. The molecule has 0 radical (unpaired) electrons. The SMILES string of the molecule is CC(CO)c1ccc(C2CCSC2)c(Cl)c1. The molecule has 1 nitrogen and oxygen atoms in total. The van der Waals surface area contributed by atoms with Crippen LogP contribution in [0.25, 0.3) is 0 Å². The smallest absolute Gasteiger partial charge is 0.0497 e. The number of rotatable bonds is 3. The lowest BCUT2D eigenvalue weighted by Crippen LogP contribution is -2.02. The second-order valence-corrected chi connectivity index (χ2v) is 5.98. The van der Waals surface area contributed by atoms with Gasteiger partial charge in [-0.3, -0.25) is 0 Å². The minimum Gasteiger partial charge on any atom is -0.396 e. The molecule has 1 aliphatic heterocycles. The molecule has 1 aromatic carbocycles. The van der Waals surface area contributed by atoms with Gasteiger partial charge in [-0.15, -0.1) is 0 Å². The molecule has 0 amide bonds. The summed E-state index contributed by atoms with van der Waals surface area (Å²) in [5, 5.41) is 9.98. The van der Waals surface area contributed by atoms with Gasteiger partial charge in [0.2, 0.25) is 0 Å². The second kappa shape index (κ2) is 5.44. The Hall–Kier alpha value is -0.180. The molecule has 1 saturated heterocycles. The molecule has 16 heavy (non-hydrogen) atoms. The summed E-state index contributed by atoms with van der Waals surface area (Å²) in [7, 11) is 0. The molecule has 0 saturated carbocycles. The molecule has 2 unspecified atom stereocenters. The Kier molecular flexibility index (Phi) is 4.17. The number of aliphatic hydroxyl groups excluding tert-OH is 1. The van der Waals surface area contributed by atoms with Crippen LogP contribution in [0.2, 0.25) is 5.02 Å². The van der Waals surface area contributed by atoms with E-state index in [9.17, 15) is 0 Å². The van der Waals surface area contributed by atoms with Crippen LogP contribution in [0, 0.1) is 0 Å². The van der Waals surface area contributed by atoms with Gasteiger partial charge >= 0.3 is 0 Å². The van der Waals surface area contributed by atoms with Gasteiger partial charge in [0.25, 0.3) is 0 Å². The van der Waals surface area contributed by atoms with Gasteiger partial charge in [0.15, 0.2) is 0 Å². The lowest BCUT2D eigenvalue weighted by atomic mass is 9.94. The average molecular weight is 257 g/mol. The van der Waals surface area contributed by atoms with Gasteiger partial charge in [0.05, 0.1) is 0 Å². The standard InChI is InChI=1S/C13H17ClOS/c1-9(7-15)10-2-3-12(13(14)6-10)11-4-5-16-8-11/h2-3,6,9,11,15H,4-5,7-8H2,1H3. The summed E-state index contributed by atoms with van der Waals surface area (Å²) in [5.74, 6) is 3.23. The molecule has 0 aliphatic carbocycles. The summed E-state index contributed by atoms with van der Waals surface area (Å²) in [6, 6.07) is 6.26. The molecule has 0 spiro atoms. The van der Waals surface area contributed by atoms with Crippen LogP contribution >= 0.6 is 23.4 Å². The topological polar surface area (TPSA) is 20.2 Å². The lowest BCUT2D eigenvalue weighted by Gasteiger charge is -2.14. The highest BCUT2D eigenvalue weighted by molar-refractivity contribution is 7.99. The van der Waals surface area contributed by atoms with Gasteiger partial charge < -0.3 is 5.11 Å². The van der Waals surface area contributed by atoms with Crippen LogP contribution in [-0.4, -0.2) is 23.2 Å². The second-order valence-electron chi connectivity index (χ2n) is 4.43. The maximum atomic E-state index is 9.11. The number of hydrogen-bond donors (Lipinski definition) is 1. The van der Waals surface area contributed by atoms with Crippen molar-refractivity contribution in [1.82, 2.24) is 0 Å². The average Bonchev–Trinajstić information content (AvgIpc) is 2.81. The maximum absolute atomic E-state index is 9.11. The van der Waals surface area contributed by atoms with Gasteiger partial charge in [-0.1, -0.05) is 30.7 Å². The minimum absolute atomic E-state index is 0.171. The first kappa shape index (κ1) is 12.3. The van der Waals surface area contributed by atoms with E-state index in [-0.39, 0.29) is 12.5 Å². The van der Waals surface area contributed by atoms with E-state index < -0.39 is 0 Å². The van der Waals surface area contributed by atoms with Crippen LogP contribution in [0.4, 0.5) is 0 Å². The summed E-state index contributed by atoms with van der Waals surface area (Å²) < 4.78 is 0. The molecule has 1 fully saturated rings. The predicted octanol–water partition coefficient (Wildman–Crippen LogP) is 3.66. The van der Waals surface area contributed by atoms with Gasteiger partial charge in [0, 0.05) is 23.3 Å². The molecule has 0 bridgehead atoms. The van der Waals surface area contributed by atoms with Crippen LogP contribution in [0.3, 0.4) is 0 Å². The quantitative estimate of drug-likeness (QED) is 0.891. The normalized spacial score (nSPS) is 22.3. The van der Waals surface area contributed by atoms with Crippen molar-refractivity contribution in [2.24, 2.45) is 0 Å². The van der Waals surface area contributed by atoms with E-state index >= 15 is 0 Å². The number of hydrogen-bond acceptors (Lipinski definition) is 2. The number of halogens is 1. The van der Waals surface area contributed by atoms with Crippen LogP contribution in [-0.2, 0) is 0 Å². The molecule has 0 aromatic heterocycles. The van der Waals surface area contributed by atoms with Gasteiger partial charge in [-0.05, 0) is 35.3 Å². The molecular formula is C13H17ClOS. The highest BCUT2D eigenvalue weighted by atomic mass is 35.5. The highest BCUT2D eigenvalue weighted by Gasteiger charge is 2.20. The van der Waals surface area contributed by atoms with E-state index in [0.29, 0.717) is 5.92 Å². The molecular weight excluding hydrogens is 240 g/mol. The van der Waals surface area contributed by atoms with Crippen molar-refractivity contribution >= 4 is 23.4 Å². The Morgan fingerprint density at radius 2 is 2.38 bits per heavy atom. The molecule has 1 N–H and O–H groups in total. The number of benzene rings is 1. The van der Waals surface area contributed by atoms with Crippen molar-refractivity contribution in [2.75, 3.05) is 18.1 Å². The fraction of sp³-hybridized carbons (Fsp3) is 0.538. The van der Waals surface area contributed by atoms with Crippen molar-refractivity contribution < 1.29 is 5.11 Å². The number of thioether (sulfide) groups is 1. The van der Waals surface area contributed by atoms with E-state index in [4.69, 9.17) is 16.7 Å². The van der Waals surface area contributed by atoms with Gasteiger partial charge in [-0.25, -0.2) is 0 Å². The van der Waals surface area contributed by atoms with Gasteiger partial charge in [0.1, 0.15) is 0 Å². The van der Waals surface area contributed by atoms with E-state index in [1.165, 1.54) is 23.5 Å². The molecule has 88 valence electrons. The van der Waals surface area contributed by atoms with Gasteiger partial charge in [-0.2, -0.15) is 11.8 Å². The molecule has 3 heteroatoms.